The fourth-order valence-corrected chi connectivity index (χ4v) is 3.02. The molecular weight excluding hydrogens is 300 g/mol. The number of likely N-dealkylation sites (N-methyl/N-ethyl adjacent to an activating group) is 1. The summed E-state index contributed by atoms with van der Waals surface area (Å²) < 4.78 is 5.55. The number of amides is 1. The van der Waals surface area contributed by atoms with Crippen molar-refractivity contribution in [3.05, 3.63) is 53.6 Å². The molecule has 24 heavy (non-hydrogen) atoms. The van der Waals surface area contributed by atoms with Crippen LogP contribution in [0.15, 0.2) is 42.5 Å². The van der Waals surface area contributed by atoms with Crippen molar-refractivity contribution in [2.45, 2.75) is 26.7 Å². The van der Waals surface area contributed by atoms with Crippen molar-refractivity contribution in [2.75, 3.05) is 29.9 Å². The maximum absolute atomic E-state index is 12.1. The van der Waals surface area contributed by atoms with Crippen LogP contribution in [0, 0.1) is 0 Å². The fourth-order valence-electron chi connectivity index (χ4n) is 3.02. The standard InChI is InChI=1S/C20H24N2O2/c1-3-15-5-9-18(10-6-15)24-14-20(23)21-17-8-7-16-11-12-22(4-2)19(16)13-17/h5-10,13H,3-4,11-12,14H2,1-2H3,(H,21,23). The summed E-state index contributed by atoms with van der Waals surface area (Å²) in [6.45, 7) is 6.32. The summed E-state index contributed by atoms with van der Waals surface area (Å²) in [4.78, 5) is 14.4. The molecule has 0 atom stereocenters. The van der Waals surface area contributed by atoms with Crippen molar-refractivity contribution < 1.29 is 9.53 Å². The molecule has 0 aliphatic carbocycles. The van der Waals surface area contributed by atoms with Crippen LogP contribution in [0.3, 0.4) is 0 Å². The zero-order valence-corrected chi connectivity index (χ0v) is 14.3. The molecule has 0 aromatic heterocycles. The molecule has 0 saturated heterocycles. The van der Waals surface area contributed by atoms with E-state index in [9.17, 15) is 4.79 Å². The minimum absolute atomic E-state index is 0.0139. The summed E-state index contributed by atoms with van der Waals surface area (Å²) in [6, 6.07) is 14.0. The highest BCUT2D eigenvalue weighted by Crippen LogP contribution is 2.30. The van der Waals surface area contributed by atoms with Crippen LogP contribution in [0.4, 0.5) is 11.4 Å². The lowest BCUT2D eigenvalue weighted by atomic mass is 10.1. The van der Waals surface area contributed by atoms with Crippen LogP contribution >= 0.6 is 0 Å². The zero-order chi connectivity index (χ0) is 16.9. The molecular formula is C20H24N2O2. The number of carbonyl (C=O) groups excluding carboxylic acids is 1. The van der Waals surface area contributed by atoms with Gasteiger partial charge in [-0.25, -0.2) is 0 Å². The van der Waals surface area contributed by atoms with E-state index in [1.165, 1.54) is 16.8 Å². The molecule has 4 nitrogen and oxygen atoms in total. The highest BCUT2D eigenvalue weighted by atomic mass is 16.5. The van der Waals surface area contributed by atoms with Gasteiger partial charge in [0.2, 0.25) is 0 Å². The molecule has 1 N–H and O–H groups in total. The highest BCUT2D eigenvalue weighted by Gasteiger charge is 2.18. The lowest BCUT2D eigenvalue weighted by molar-refractivity contribution is -0.118. The first-order valence-electron chi connectivity index (χ1n) is 8.59. The van der Waals surface area contributed by atoms with Gasteiger partial charge >= 0.3 is 0 Å². The van der Waals surface area contributed by atoms with Crippen molar-refractivity contribution >= 4 is 17.3 Å². The number of carbonyl (C=O) groups is 1. The average Bonchev–Trinajstić information content (AvgIpc) is 3.02. The SMILES string of the molecule is CCc1ccc(OCC(=O)Nc2ccc3c(c2)N(CC)CC3)cc1. The maximum Gasteiger partial charge on any atom is 0.262 e. The van der Waals surface area contributed by atoms with Crippen LogP contribution in [-0.2, 0) is 17.6 Å². The molecule has 4 heteroatoms. The molecule has 0 spiro atoms. The summed E-state index contributed by atoms with van der Waals surface area (Å²) in [5.41, 5.74) is 4.66. The Bertz CT molecular complexity index is 710. The molecule has 0 fully saturated rings. The number of nitrogens with zero attached hydrogens (tertiary/aromatic N) is 1. The van der Waals surface area contributed by atoms with Crippen molar-refractivity contribution in [3.8, 4) is 5.75 Å². The Hall–Kier alpha value is -2.49. The molecule has 0 bridgehead atoms. The van der Waals surface area contributed by atoms with Gasteiger partial charge in [0.05, 0.1) is 0 Å². The predicted molar refractivity (Wildman–Crippen MR) is 98.0 cm³/mol. The van der Waals surface area contributed by atoms with Gasteiger partial charge in [-0.15, -0.1) is 0 Å². The second-order valence-electron chi connectivity index (χ2n) is 6.01. The molecule has 3 rings (SSSR count). The number of fused-ring (bicyclic) bond motifs is 1. The number of ether oxygens (including phenoxy) is 1. The molecule has 2 aromatic rings. The normalized spacial score (nSPS) is 12.8. The van der Waals surface area contributed by atoms with Gasteiger partial charge in [-0.2, -0.15) is 0 Å². The maximum atomic E-state index is 12.1. The number of aryl methyl sites for hydroxylation is 1. The molecule has 126 valence electrons. The van der Waals surface area contributed by atoms with Crippen LogP contribution in [-0.4, -0.2) is 25.6 Å². The van der Waals surface area contributed by atoms with E-state index >= 15 is 0 Å². The lowest BCUT2D eigenvalue weighted by Crippen LogP contribution is -2.21. The first kappa shape index (κ1) is 16.4. The highest BCUT2D eigenvalue weighted by molar-refractivity contribution is 5.92. The summed E-state index contributed by atoms with van der Waals surface area (Å²) in [6.07, 6.45) is 2.07. The Kier molecular flexibility index (Phi) is 5.04. The third-order valence-corrected chi connectivity index (χ3v) is 4.44. The Morgan fingerprint density at radius 3 is 2.67 bits per heavy atom. The second kappa shape index (κ2) is 7.39. The molecule has 1 heterocycles. The summed E-state index contributed by atoms with van der Waals surface area (Å²) in [5.74, 6) is 0.573. The first-order valence-corrected chi connectivity index (χ1v) is 8.59. The van der Waals surface area contributed by atoms with Gasteiger partial charge in [-0.1, -0.05) is 25.1 Å². The fraction of sp³-hybridized carbons (Fsp3) is 0.350. The van der Waals surface area contributed by atoms with E-state index < -0.39 is 0 Å². The first-order chi connectivity index (χ1) is 11.7. The van der Waals surface area contributed by atoms with Crippen molar-refractivity contribution in [3.63, 3.8) is 0 Å². The number of benzene rings is 2. The van der Waals surface area contributed by atoms with Crippen LogP contribution in [0.2, 0.25) is 0 Å². The predicted octanol–water partition coefficient (Wildman–Crippen LogP) is 3.65. The van der Waals surface area contributed by atoms with Gasteiger partial charge in [0.15, 0.2) is 6.61 Å². The van der Waals surface area contributed by atoms with Gasteiger partial charge in [-0.05, 0) is 55.2 Å². The lowest BCUT2D eigenvalue weighted by Gasteiger charge is -2.17. The molecule has 0 radical (unpaired) electrons. The zero-order valence-electron chi connectivity index (χ0n) is 14.3. The molecule has 1 aliphatic heterocycles. The van der Waals surface area contributed by atoms with Gasteiger partial charge in [-0.3, -0.25) is 4.79 Å². The van der Waals surface area contributed by atoms with Crippen molar-refractivity contribution in [1.29, 1.82) is 0 Å². The number of nitrogens with one attached hydrogen (secondary N) is 1. The van der Waals surface area contributed by atoms with E-state index in [4.69, 9.17) is 4.74 Å². The smallest absolute Gasteiger partial charge is 0.262 e. The van der Waals surface area contributed by atoms with Crippen LogP contribution in [0.5, 0.6) is 5.75 Å². The van der Waals surface area contributed by atoms with Crippen LogP contribution in [0.1, 0.15) is 25.0 Å². The summed E-state index contributed by atoms with van der Waals surface area (Å²) in [7, 11) is 0. The molecule has 0 saturated carbocycles. The van der Waals surface area contributed by atoms with E-state index in [1.807, 2.05) is 30.3 Å². The van der Waals surface area contributed by atoms with Crippen molar-refractivity contribution in [1.82, 2.24) is 0 Å². The van der Waals surface area contributed by atoms with Gasteiger partial charge < -0.3 is 15.0 Å². The largest absolute Gasteiger partial charge is 0.484 e. The molecule has 2 aromatic carbocycles. The van der Waals surface area contributed by atoms with E-state index in [-0.39, 0.29) is 12.5 Å². The van der Waals surface area contributed by atoms with E-state index in [0.717, 1.165) is 31.6 Å². The quantitative estimate of drug-likeness (QED) is 0.882. The monoisotopic (exact) mass is 324 g/mol. The number of rotatable bonds is 6. The minimum Gasteiger partial charge on any atom is -0.484 e. The Morgan fingerprint density at radius 1 is 1.17 bits per heavy atom. The van der Waals surface area contributed by atoms with E-state index in [2.05, 4.69) is 36.2 Å². The van der Waals surface area contributed by atoms with Gasteiger partial charge in [0.25, 0.3) is 5.91 Å². The molecule has 1 amide bonds. The van der Waals surface area contributed by atoms with Crippen molar-refractivity contribution in [2.24, 2.45) is 0 Å². The topological polar surface area (TPSA) is 41.6 Å². The second-order valence-corrected chi connectivity index (χ2v) is 6.01. The minimum atomic E-state index is -0.143. The van der Waals surface area contributed by atoms with Crippen LogP contribution in [0.25, 0.3) is 0 Å². The number of hydrogen-bond acceptors (Lipinski definition) is 3. The third-order valence-electron chi connectivity index (χ3n) is 4.44. The number of anilines is 2. The van der Waals surface area contributed by atoms with Gasteiger partial charge in [0, 0.05) is 24.5 Å². The van der Waals surface area contributed by atoms with Crippen LogP contribution < -0.4 is 15.0 Å². The van der Waals surface area contributed by atoms with Gasteiger partial charge in [0.1, 0.15) is 5.75 Å². The summed E-state index contributed by atoms with van der Waals surface area (Å²) in [5, 5.41) is 2.92. The average molecular weight is 324 g/mol. The Labute approximate surface area is 143 Å². The molecule has 0 unspecified atom stereocenters. The number of hydrogen-bond donors (Lipinski definition) is 1. The van der Waals surface area contributed by atoms with E-state index in [1.54, 1.807) is 0 Å². The summed E-state index contributed by atoms with van der Waals surface area (Å²) >= 11 is 0. The Balaban J connectivity index is 1.57. The van der Waals surface area contributed by atoms with E-state index in [0.29, 0.717) is 5.75 Å². The third kappa shape index (κ3) is 3.70. The molecule has 1 aliphatic rings. The Morgan fingerprint density at radius 2 is 1.96 bits per heavy atom.